The summed E-state index contributed by atoms with van der Waals surface area (Å²) >= 11 is 0. The van der Waals surface area contributed by atoms with Gasteiger partial charge in [0, 0.05) is 5.56 Å². The second-order valence-electron chi connectivity index (χ2n) is 5.78. The first kappa shape index (κ1) is 17.2. The largest absolute Gasteiger partial charge is 0.493 e. The predicted octanol–water partition coefficient (Wildman–Crippen LogP) is 4.72. The van der Waals surface area contributed by atoms with Gasteiger partial charge in [0.25, 0.3) is 0 Å². The third-order valence-corrected chi connectivity index (χ3v) is 3.50. The summed E-state index contributed by atoms with van der Waals surface area (Å²) in [6, 6.07) is 14.4. The zero-order valence-electron chi connectivity index (χ0n) is 13.8. The van der Waals surface area contributed by atoms with Crippen molar-refractivity contribution in [3.63, 3.8) is 0 Å². The van der Waals surface area contributed by atoms with Gasteiger partial charge >= 0.3 is 0 Å². The van der Waals surface area contributed by atoms with E-state index >= 15 is 0 Å². The smallest absolute Gasteiger partial charge is 0.126 e. The Morgan fingerprint density at radius 1 is 0.957 bits per heavy atom. The molecule has 0 aliphatic rings. The lowest BCUT2D eigenvalue weighted by Gasteiger charge is -2.11. The van der Waals surface area contributed by atoms with E-state index in [1.54, 1.807) is 12.1 Å². The molecule has 0 saturated heterocycles. The van der Waals surface area contributed by atoms with Crippen LogP contribution in [0, 0.1) is 5.82 Å². The Kier molecular flexibility index (Phi) is 6.82. The molecule has 0 saturated carbocycles. The van der Waals surface area contributed by atoms with Crippen molar-refractivity contribution < 1.29 is 9.13 Å². The molecule has 23 heavy (non-hydrogen) atoms. The van der Waals surface area contributed by atoms with Crippen molar-refractivity contribution in [1.29, 1.82) is 0 Å². The number of para-hydroxylation sites is 1. The summed E-state index contributed by atoms with van der Waals surface area (Å²) in [5.74, 6) is 0.666. The van der Waals surface area contributed by atoms with Gasteiger partial charge in [-0.1, -0.05) is 42.5 Å². The molecule has 0 bridgehead atoms. The zero-order valence-corrected chi connectivity index (χ0v) is 13.8. The highest BCUT2D eigenvalue weighted by Crippen LogP contribution is 2.21. The van der Waals surface area contributed by atoms with Gasteiger partial charge in [0.05, 0.1) is 6.61 Å². The van der Waals surface area contributed by atoms with E-state index in [0.29, 0.717) is 0 Å². The van der Waals surface area contributed by atoms with Crippen LogP contribution in [0.3, 0.4) is 0 Å². The summed E-state index contributed by atoms with van der Waals surface area (Å²) in [5, 5.41) is 0. The molecule has 2 nitrogen and oxygen atoms in total. The van der Waals surface area contributed by atoms with E-state index in [1.165, 1.54) is 12.1 Å². The fraction of sp³-hybridized carbons (Fsp3) is 0.300. The average Bonchev–Trinajstić information content (AvgIpc) is 2.55. The fourth-order valence-corrected chi connectivity index (χ4v) is 2.22. The normalized spacial score (nSPS) is 11.3. The molecule has 2 rings (SSSR count). The highest BCUT2D eigenvalue weighted by molar-refractivity contribution is 5.72. The van der Waals surface area contributed by atoms with E-state index in [1.807, 2.05) is 36.4 Å². The monoisotopic (exact) mass is 313 g/mol. The quantitative estimate of drug-likeness (QED) is 0.516. The van der Waals surface area contributed by atoms with Crippen LogP contribution in [0.15, 0.2) is 48.5 Å². The molecule has 3 heteroatoms. The molecule has 0 atom stereocenters. The van der Waals surface area contributed by atoms with Crippen LogP contribution in [-0.2, 0) is 0 Å². The minimum absolute atomic E-state index is 0.219. The van der Waals surface area contributed by atoms with Crippen molar-refractivity contribution >= 4 is 12.2 Å². The van der Waals surface area contributed by atoms with E-state index < -0.39 is 0 Å². The molecule has 0 amide bonds. The lowest BCUT2D eigenvalue weighted by molar-refractivity contribution is 0.292. The standard InChI is InChI=1S/C20H24FNO/c1-22(2)15-5-6-16-23-20-8-4-3-7-18(20)12-9-17-10-13-19(21)14-11-17/h3-4,7-14H,5-6,15-16H2,1-2H3. The number of hydrogen-bond donors (Lipinski definition) is 0. The minimum Gasteiger partial charge on any atom is -0.493 e. The number of halogens is 1. The third-order valence-electron chi connectivity index (χ3n) is 3.50. The van der Waals surface area contributed by atoms with Gasteiger partial charge in [0.15, 0.2) is 0 Å². The number of rotatable bonds is 8. The lowest BCUT2D eigenvalue weighted by Crippen LogP contribution is -2.13. The highest BCUT2D eigenvalue weighted by atomic mass is 19.1. The topological polar surface area (TPSA) is 12.5 Å². The van der Waals surface area contributed by atoms with E-state index in [4.69, 9.17) is 4.74 Å². The molecule has 0 spiro atoms. The maximum Gasteiger partial charge on any atom is 0.126 e. The van der Waals surface area contributed by atoms with Crippen molar-refractivity contribution in [1.82, 2.24) is 4.90 Å². The van der Waals surface area contributed by atoms with Gasteiger partial charge in [-0.15, -0.1) is 0 Å². The molecular weight excluding hydrogens is 289 g/mol. The van der Waals surface area contributed by atoms with Gasteiger partial charge < -0.3 is 9.64 Å². The number of unbranched alkanes of at least 4 members (excludes halogenated alkanes) is 1. The maximum absolute atomic E-state index is 12.9. The number of hydrogen-bond acceptors (Lipinski definition) is 2. The van der Waals surface area contributed by atoms with Gasteiger partial charge in [-0.05, 0) is 57.2 Å². The minimum atomic E-state index is -0.219. The van der Waals surface area contributed by atoms with Crippen LogP contribution in [0.5, 0.6) is 5.75 Å². The van der Waals surface area contributed by atoms with Crippen LogP contribution in [0.25, 0.3) is 12.2 Å². The molecule has 2 aromatic rings. The molecular formula is C20H24FNO. The first-order valence-electron chi connectivity index (χ1n) is 7.95. The molecule has 0 unspecified atom stereocenters. The van der Waals surface area contributed by atoms with E-state index in [0.717, 1.165) is 42.9 Å². The zero-order chi connectivity index (χ0) is 16.5. The van der Waals surface area contributed by atoms with Gasteiger partial charge in [0.2, 0.25) is 0 Å². The van der Waals surface area contributed by atoms with Crippen LogP contribution in [0.4, 0.5) is 4.39 Å². The van der Waals surface area contributed by atoms with Crippen LogP contribution in [0.2, 0.25) is 0 Å². The molecule has 122 valence electrons. The SMILES string of the molecule is CN(C)CCCCOc1ccccc1C=Cc1ccc(F)cc1. The van der Waals surface area contributed by atoms with Crippen LogP contribution in [0.1, 0.15) is 24.0 Å². The van der Waals surface area contributed by atoms with Gasteiger partial charge in [-0.3, -0.25) is 0 Å². The van der Waals surface area contributed by atoms with E-state index in [-0.39, 0.29) is 5.82 Å². The Bertz CT molecular complexity index is 620. The molecule has 0 aliphatic carbocycles. The lowest BCUT2D eigenvalue weighted by atomic mass is 10.1. The maximum atomic E-state index is 12.9. The van der Waals surface area contributed by atoms with Gasteiger partial charge in [-0.2, -0.15) is 0 Å². The first-order valence-corrected chi connectivity index (χ1v) is 7.95. The van der Waals surface area contributed by atoms with Crippen molar-refractivity contribution in [3.8, 4) is 5.75 Å². The van der Waals surface area contributed by atoms with Crippen LogP contribution in [-0.4, -0.2) is 32.1 Å². The van der Waals surface area contributed by atoms with Crippen molar-refractivity contribution in [2.24, 2.45) is 0 Å². The average molecular weight is 313 g/mol. The summed E-state index contributed by atoms with van der Waals surface area (Å²) < 4.78 is 18.8. The van der Waals surface area contributed by atoms with Crippen molar-refractivity contribution in [2.75, 3.05) is 27.2 Å². The van der Waals surface area contributed by atoms with Crippen LogP contribution < -0.4 is 4.74 Å². The highest BCUT2D eigenvalue weighted by Gasteiger charge is 2.00. The molecule has 0 aliphatic heterocycles. The predicted molar refractivity (Wildman–Crippen MR) is 95.1 cm³/mol. The summed E-state index contributed by atoms with van der Waals surface area (Å²) in [6.45, 7) is 1.80. The van der Waals surface area contributed by atoms with Gasteiger partial charge in [0.1, 0.15) is 11.6 Å². The summed E-state index contributed by atoms with van der Waals surface area (Å²) in [4.78, 5) is 2.18. The van der Waals surface area contributed by atoms with Crippen LogP contribution >= 0.6 is 0 Å². The Morgan fingerprint density at radius 3 is 2.43 bits per heavy atom. The summed E-state index contributed by atoms with van der Waals surface area (Å²) in [6.07, 6.45) is 6.13. The molecule has 0 fully saturated rings. The molecule has 0 heterocycles. The molecule has 0 aromatic heterocycles. The summed E-state index contributed by atoms with van der Waals surface area (Å²) in [5.41, 5.74) is 2.00. The molecule has 0 N–H and O–H groups in total. The van der Waals surface area contributed by atoms with Crippen molar-refractivity contribution in [3.05, 3.63) is 65.5 Å². The van der Waals surface area contributed by atoms with E-state index in [9.17, 15) is 4.39 Å². The second kappa shape index (κ2) is 9.11. The molecule has 0 radical (unpaired) electrons. The number of nitrogens with zero attached hydrogens (tertiary/aromatic N) is 1. The number of ether oxygens (including phenoxy) is 1. The fourth-order valence-electron chi connectivity index (χ4n) is 2.22. The second-order valence-corrected chi connectivity index (χ2v) is 5.78. The first-order chi connectivity index (χ1) is 11.1. The Labute approximate surface area is 138 Å². The Morgan fingerprint density at radius 2 is 1.70 bits per heavy atom. The Hall–Kier alpha value is -2.13. The third kappa shape index (κ3) is 6.25. The Balaban J connectivity index is 1.93. The summed E-state index contributed by atoms with van der Waals surface area (Å²) in [7, 11) is 4.16. The van der Waals surface area contributed by atoms with Crippen molar-refractivity contribution in [2.45, 2.75) is 12.8 Å². The van der Waals surface area contributed by atoms with Gasteiger partial charge in [-0.25, -0.2) is 4.39 Å². The molecule has 2 aromatic carbocycles. The number of benzene rings is 2. The van der Waals surface area contributed by atoms with E-state index in [2.05, 4.69) is 19.0 Å².